The summed E-state index contributed by atoms with van der Waals surface area (Å²) >= 11 is 3.77. The molecule has 0 amide bonds. The normalized spacial score (nSPS) is 12.9. The summed E-state index contributed by atoms with van der Waals surface area (Å²) in [6.45, 7) is 15.0. The van der Waals surface area contributed by atoms with Crippen molar-refractivity contribution in [3.63, 3.8) is 0 Å². The largest absolute Gasteiger partial charge is 0.292 e. The van der Waals surface area contributed by atoms with Gasteiger partial charge in [-0.2, -0.15) is 0 Å². The van der Waals surface area contributed by atoms with E-state index < -0.39 is 0 Å². The topological polar surface area (TPSA) is 24.7 Å². The Hall–Kier alpha value is -1.52. The number of thioether (sulfide) groups is 2. The van der Waals surface area contributed by atoms with Crippen molar-refractivity contribution < 1.29 is 0 Å². The maximum atomic E-state index is 4.63. The van der Waals surface area contributed by atoms with Crippen molar-refractivity contribution >= 4 is 36.0 Å². The Balaban J connectivity index is 1.85. The molecule has 29 heavy (non-hydrogen) atoms. The van der Waals surface area contributed by atoms with Gasteiger partial charge in [-0.15, -0.1) is 23.5 Å². The van der Waals surface area contributed by atoms with Gasteiger partial charge in [0.1, 0.15) is 0 Å². The fourth-order valence-electron chi connectivity index (χ4n) is 2.60. The molecule has 0 aliphatic rings. The number of aliphatic imine (C=N–C) groups is 2. The lowest BCUT2D eigenvalue weighted by atomic mass is 10.2. The van der Waals surface area contributed by atoms with E-state index in [-0.39, 0.29) is 9.49 Å². The summed E-state index contributed by atoms with van der Waals surface area (Å²) in [5.41, 5.74) is 2.40. The van der Waals surface area contributed by atoms with Gasteiger partial charge in [-0.25, -0.2) is 0 Å². The average Bonchev–Trinajstić information content (AvgIpc) is 2.61. The molecule has 4 heteroatoms. The molecule has 0 unspecified atom stereocenters. The van der Waals surface area contributed by atoms with Gasteiger partial charge < -0.3 is 0 Å². The summed E-state index contributed by atoms with van der Waals surface area (Å²) < 4.78 is 0.389. The van der Waals surface area contributed by atoms with E-state index in [1.807, 2.05) is 36.0 Å². The van der Waals surface area contributed by atoms with E-state index in [0.717, 1.165) is 19.5 Å². The van der Waals surface area contributed by atoms with Crippen molar-refractivity contribution in [3.05, 3.63) is 59.7 Å². The van der Waals surface area contributed by atoms with Crippen LogP contribution in [0.4, 0.5) is 0 Å². The molecular weight excluding hydrogens is 392 g/mol. The predicted molar refractivity (Wildman–Crippen MR) is 134 cm³/mol. The highest BCUT2D eigenvalue weighted by Gasteiger charge is 2.14. The van der Waals surface area contributed by atoms with Crippen LogP contribution in [0, 0.1) is 0 Å². The molecule has 2 rings (SSSR count). The van der Waals surface area contributed by atoms with Gasteiger partial charge in [-0.05, 0) is 18.6 Å². The van der Waals surface area contributed by atoms with Gasteiger partial charge in [0.25, 0.3) is 0 Å². The summed E-state index contributed by atoms with van der Waals surface area (Å²) in [7, 11) is 0. The number of hydrogen-bond acceptors (Lipinski definition) is 4. The number of hydrogen-bond donors (Lipinski definition) is 0. The lowest BCUT2D eigenvalue weighted by molar-refractivity contribution is 0.802. The average molecular weight is 427 g/mol. The third-order valence-corrected chi connectivity index (χ3v) is 6.11. The summed E-state index contributed by atoms with van der Waals surface area (Å²) in [5.74, 6) is 0. The molecule has 0 aliphatic carbocycles. The van der Waals surface area contributed by atoms with E-state index in [9.17, 15) is 0 Å². The van der Waals surface area contributed by atoms with Crippen LogP contribution in [-0.4, -0.2) is 35.0 Å². The third-order valence-electron chi connectivity index (χ3n) is 3.71. The fraction of sp³-hybridized carbons (Fsp3) is 0.440. The monoisotopic (exact) mass is 426 g/mol. The van der Waals surface area contributed by atoms with Crippen molar-refractivity contribution in [1.82, 2.24) is 0 Å². The summed E-state index contributed by atoms with van der Waals surface area (Å²) in [4.78, 5) is 11.8. The molecule has 0 radical (unpaired) electrons. The van der Waals surface area contributed by atoms with Crippen LogP contribution in [0.1, 0.15) is 59.1 Å². The first-order valence-corrected chi connectivity index (χ1v) is 11.8. The van der Waals surface area contributed by atoms with Crippen molar-refractivity contribution in [2.45, 2.75) is 67.2 Å². The van der Waals surface area contributed by atoms with Gasteiger partial charge in [0.05, 0.1) is 0 Å². The standard InChI is InChI=1S/C25H34N2S2/c1-24(2,3)28-22-14-9-7-12-20(22)18-26-16-11-17-27-19-21-13-8-10-15-23(21)29-25(4,5)6/h7-10,12-15,18-19H,11,16-17H2,1-6H3. The van der Waals surface area contributed by atoms with Crippen molar-refractivity contribution in [2.75, 3.05) is 13.1 Å². The second-order valence-electron chi connectivity index (χ2n) is 8.93. The van der Waals surface area contributed by atoms with Crippen molar-refractivity contribution in [2.24, 2.45) is 9.98 Å². The second-order valence-corrected chi connectivity index (χ2v) is 12.7. The Labute approximate surface area is 185 Å². The Bertz CT molecular complexity index is 758. The first-order valence-electron chi connectivity index (χ1n) is 10.2. The predicted octanol–water partition coefficient (Wildman–Crippen LogP) is 7.40. The summed E-state index contributed by atoms with van der Waals surface area (Å²) in [5, 5.41) is 0. The molecule has 2 aromatic carbocycles. The Morgan fingerprint density at radius 1 is 0.655 bits per heavy atom. The van der Waals surface area contributed by atoms with E-state index in [0.29, 0.717) is 0 Å². The third kappa shape index (κ3) is 9.68. The van der Waals surface area contributed by atoms with Crippen LogP contribution in [0.5, 0.6) is 0 Å². The minimum absolute atomic E-state index is 0.195. The van der Waals surface area contributed by atoms with E-state index in [2.05, 4.69) is 100 Å². The van der Waals surface area contributed by atoms with Gasteiger partial charge in [-0.1, -0.05) is 77.9 Å². The Kier molecular flexibility index (Phi) is 9.04. The van der Waals surface area contributed by atoms with E-state index >= 15 is 0 Å². The number of rotatable bonds is 8. The molecular formula is C25H34N2S2. The van der Waals surface area contributed by atoms with Crippen LogP contribution in [-0.2, 0) is 0 Å². The molecule has 0 aliphatic heterocycles. The lowest BCUT2D eigenvalue weighted by Crippen LogP contribution is -2.07. The van der Waals surface area contributed by atoms with Crippen molar-refractivity contribution in [1.29, 1.82) is 0 Å². The Morgan fingerprint density at radius 3 is 1.41 bits per heavy atom. The van der Waals surface area contributed by atoms with Crippen LogP contribution in [0.15, 0.2) is 68.3 Å². The first-order chi connectivity index (χ1) is 13.6. The van der Waals surface area contributed by atoms with E-state index in [4.69, 9.17) is 0 Å². The zero-order chi connectivity index (χ0) is 21.3. The molecule has 0 saturated heterocycles. The van der Waals surface area contributed by atoms with E-state index in [1.54, 1.807) is 0 Å². The lowest BCUT2D eigenvalue weighted by Gasteiger charge is -2.18. The van der Waals surface area contributed by atoms with Crippen LogP contribution >= 0.6 is 23.5 Å². The molecule has 0 heterocycles. The molecule has 0 aromatic heterocycles. The van der Waals surface area contributed by atoms with Gasteiger partial charge >= 0.3 is 0 Å². The van der Waals surface area contributed by atoms with Gasteiger partial charge in [0.15, 0.2) is 0 Å². The maximum absolute atomic E-state index is 4.63. The smallest absolute Gasteiger partial charge is 0.0407 e. The molecule has 0 bridgehead atoms. The minimum Gasteiger partial charge on any atom is -0.292 e. The zero-order valence-electron chi connectivity index (χ0n) is 18.6. The minimum atomic E-state index is 0.195. The Morgan fingerprint density at radius 2 is 1.03 bits per heavy atom. The molecule has 2 nitrogen and oxygen atoms in total. The van der Waals surface area contributed by atoms with Crippen LogP contribution < -0.4 is 0 Å². The van der Waals surface area contributed by atoms with Gasteiger partial charge in [0, 0.05) is 55.9 Å². The second kappa shape index (κ2) is 11.0. The molecule has 156 valence electrons. The van der Waals surface area contributed by atoms with Gasteiger partial charge in [-0.3, -0.25) is 9.98 Å². The number of nitrogens with zero attached hydrogens (tertiary/aromatic N) is 2. The molecule has 2 aromatic rings. The number of benzene rings is 2. The van der Waals surface area contributed by atoms with Gasteiger partial charge in [0.2, 0.25) is 0 Å². The van der Waals surface area contributed by atoms with Crippen LogP contribution in [0.2, 0.25) is 0 Å². The highest BCUT2D eigenvalue weighted by molar-refractivity contribution is 8.01. The quantitative estimate of drug-likeness (QED) is 0.249. The summed E-state index contributed by atoms with van der Waals surface area (Å²) in [6.07, 6.45) is 4.97. The van der Waals surface area contributed by atoms with Crippen LogP contribution in [0.25, 0.3) is 0 Å². The highest BCUT2D eigenvalue weighted by Crippen LogP contribution is 2.34. The molecule has 0 saturated carbocycles. The zero-order valence-corrected chi connectivity index (χ0v) is 20.2. The molecule has 0 N–H and O–H groups in total. The maximum Gasteiger partial charge on any atom is 0.0407 e. The highest BCUT2D eigenvalue weighted by atomic mass is 32.2. The SMILES string of the molecule is CC(C)(C)Sc1ccccc1C=NCCCN=Cc1ccccc1SC(C)(C)C. The van der Waals surface area contributed by atoms with Crippen LogP contribution in [0.3, 0.4) is 0 Å². The van der Waals surface area contributed by atoms with Crippen molar-refractivity contribution in [3.8, 4) is 0 Å². The van der Waals surface area contributed by atoms with E-state index in [1.165, 1.54) is 20.9 Å². The molecule has 0 spiro atoms. The molecule has 0 fully saturated rings. The summed E-state index contributed by atoms with van der Waals surface area (Å²) in [6, 6.07) is 17.0. The molecule has 0 atom stereocenters. The fourth-order valence-corrected chi connectivity index (χ4v) is 4.69. The first kappa shape index (κ1) is 23.8.